The first-order chi connectivity index (χ1) is 9.88. The number of carboxylic acids is 1. The molecule has 7 heteroatoms. The maximum Gasteiger partial charge on any atom is 0.338 e. The van der Waals surface area contributed by atoms with E-state index in [4.69, 9.17) is 5.11 Å². The lowest BCUT2D eigenvalue weighted by molar-refractivity contribution is 0.0692. The van der Waals surface area contributed by atoms with Gasteiger partial charge < -0.3 is 15.4 Å². The smallest absolute Gasteiger partial charge is 0.338 e. The van der Waals surface area contributed by atoms with E-state index in [1.807, 2.05) is 0 Å². The number of aromatic nitrogens is 1. The summed E-state index contributed by atoms with van der Waals surface area (Å²) < 4.78 is 13.5. The standard InChI is InChI=1S/C14H11FN2O4/c1-7-2-4-10(12(18)16-7)13(19)17-8-3-5-9(14(20)21)11(15)6-8/h2-6H,1H3,(H,16,18)(H,17,19)(H,20,21). The largest absolute Gasteiger partial charge is 0.478 e. The number of anilines is 1. The van der Waals surface area contributed by atoms with Gasteiger partial charge in [0.05, 0.1) is 5.56 Å². The van der Waals surface area contributed by atoms with Crippen LogP contribution >= 0.6 is 0 Å². The number of hydrogen-bond acceptors (Lipinski definition) is 3. The highest BCUT2D eigenvalue weighted by molar-refractivity contribution is 6.04. The second kappa shape index (κ2) is 5.58. The summed E-state index contributed by atoms with van der Waals surface area (Å²) in [6.45, 7) is 1.67. The Morgan fingerprint density at radius 3 is 2.43 bits per heavy atom. The van der Waals surface area contributed by atoms with E-state index in [1.165, 1.54) is 12.1 Å². The summed E-state index contributed by atoms with van der Waals surface area (Å²) >= 11 is 0. The second-order valence-corrected chi connectivity index (χ2v) is 4.34. The van der Waals surface area contributed by atoms with Crippen molar-refractivity contribution in [3.05, 3.63) is 63.3 Å². The quantitative estimate of drug-likeness (QED) is 0.802. The molecular formula is C14H11FN2O4. The van der Waals surface area contributed by atoms with Gasteiger partial charge in [0.1, 0.15) is 11.4 Å². The molecular weight excluding hydrogens is 279 g/mol. The molecule has 1 aromatic heterocycles. The fraction of sp³-hybridized carbons (Fsp3) is 0.0714. The van der Waals surface area contributed by atoms with E-state index in [0.29, 0.717) is 5.69 Å². The lowest BCUT2D eigenvalue weighted by Crippen LogP contribution is -2.23. The number of carbonyl (C=O) groups is 2. The lowest BCUT2D eigenvalue weighted by Gasteiger charge is -2.06. The molecule has 1 aromatic carbocycles. The van der Waals surface area contributed by atoms with Crippen molar-refractivity contribution in [1.82, 2.24) is 4.98 Å². The maximum atomic E-state index is 13.5. The SMILES string of the molecule is Cc1ccc(C(=O)Nc2ccc(C(=O)O)c(F)c2)c(=O)[nH]1. The number of aromatic amines is 1. The molecule has 0 bridgehead atoms. The Hall–Kier alpha value is -2.96. The molecule has 0 aliphatic heterocycles. The molecule has 0 aliphatic rings. The third-order valence-electron chi connectivity index (χ3n) is 2.76. The van der Waals surface area contributed by atoms with Gasteiger partial charge in [-0.3, -0.25) is 9.59 Å². The topological polar surface area (TPSA) is 99.3 Å². The Labute approximate surface area is 118 Å². The van der Waals surface area contributed by atoms with Gasteiger partial charge in [-0.1, -0.05) is 0 Å². The van der Waals surface area contributed by atoms with E-state index < -0.39 is 28.8 Å². The van der Waals surface area contributed by atoms with Crippen LogP contribution in [0.3, 0.4) is 0 Å². The highest BCUT2D eigenvalue weighted by Gasteiger charge is 2.14. The molecule has 108 valence electrons. The zero-order valence-electron chi connectivity index (χ0n) is 10.9. The fourth-order valence-electron chi connectivity index (χ4n) is 1.72. The number of pyridine rings is 1. The minimum absolute atomic E-state index is 0.0578. The first-order valence-electron chi connectivity index (χ1n) is 5.92. The number of nitrogens with one attached hydrogen (secondary N) is 2. The van der Waals surface area contributed by atoms with Crippen molar-refractivity contribution in [1.29, 1.82) is 0 Å². The zero-order chi connectivity index (χ0) is 15.6. The Bertz CT molecular complexity index is 783. The van der Waals surface area contributed by atoms with Crippen LogP contribution < -0.4 is 10.9 Å². The summed E-state index contributed by atoms with van der Waals surface area (Å²) in [4.78, 5) is 36.7. The summed E-state index contributed by atoms with van der Waals surface area (Å²) in [7, 11) is 0. The monoisotopic (exact) mass is 290 g/mol. The Morgan fingerprint density at radius 1 is 1.19 bits per heavy atom. The first kappa shape index (κ1) is 14.4. The predicted octanol–water partition coefficient (Wildman–Crippen LogP) is 1.77. The van der Waals surface area contributed by atoms with Crippen LogP contribution in [0.4, 0.5) is 10.1 Å². The van der Waals surface area contributed by atoms with Crippen molar-refractivity contribution < 1.29 is 19.1 Å². The summed E-state index contributed by atoms with van der Waals surface area (Å²) in [6.07, 6.45) is 0. The van der Waals surface area contributed by atoms with Crippen molar-refractivity contribution in [2.75, 3.05) is 5.32 Å². The van der Waals surface area contributed by atoms with Crippen LogP contribution in [0.1, 0.15) is 26.4 Å². The number of halogens is 1. The minimum atomic E-state index is -1.40. The normalized spacial score (nSPS) is 10.2. The average Bonchev–Trinajstić information content (AvgIpc) is 2.37. The van der Waals surface area contributed by atoms with Crippen LogP contribution in [0.2, 0.25) is 0 Å². The Morgan fingerprint density at radius 2 is 1.86 bits per heavy atom. The van der Waals surface area contributed by atoms with Gasteiger partial charge in [-0.05, 0) is 37.3 Å². The van der Waals surface area contributed by atoms with Crippen molar-refractivity contribution in [3.8, 4) is 0 Å². The lowest BCUT2D eigenvalue weighted by atomic mass is 10.2. The fourth-order valence-corrected chi connectivity index (χ4v) is 1.72. The Kier molecular flexibility index (Phi) is 3.84. The minimum Gasteiger partial charge on any atom is -0.478 e. The van der Waals surface area contributed by atoms with Gasteiger partial charge in [0.25, 0.3) is 11.5 Å². The van der Waals surface area contributed by atoms with Crippen molar-refractivity contribution in [2.45, 2.75) is 6.92 Å². The van der Waals surface area contributed by atoms with Crippen LogP contribution in [0, 0.1) is 12.7 Å². The van der Waals surface area contributed by atoms with Gasteiger partial charge in [0.2, 0.25) is 0 Å². The number of carboxylic acid groups (broad SMARTS) is 1. The van der Waals surface area contributed by atoms with E-state index >= 15 is 0 Å². The number of benzene rings is 1. The molecule has 0 radical (unpaired) electrons. The molecule has 3 N–H and O–H groups in total. The highest BCUT2D eigenvalue weighted by atomic mass is 19.1. The Balaban J connectivity index is 2.26. The zero-order valence-corrected chi connectivity index (χ0v) is 10.9. The first-order valence-corrected chi connectivity index (χ1v) is 5.92. The summed E-state index contributed by atoms with van der Waals surface area (Å²) in [5.74, 6) is -3.09. The van der Waals surface area contributed by atoms with Gasteiger partial charge in [-0.15, -0.1) is 0 Å². The molecule has 21 heavy (non-hydrogen) atoms. The van der Waals surface area contributed by atoms with Gasteiger partial charge >= 0.3 is 5.97 Å². The van der Waals surface area contributed by atoms with E-state index in [9.17, 15) is 18.8 Å². The van der Waals surface area contributed by atoms with E-state index in [2.05, 4.69) is 10.3 Å². The van der Waals surface area contributed by atoms with Crippen molar-refractivity contribution in [3.63, 3.8) is 0 Å². The molecule has 0 aliphatic carbocycles. The van der Waals surface area contributed by atoms with Crippen LogP contribution in [-0.4, -0.2) is 22.0 Å². The number of aromatic carboxylic acids is 1. The maximum absolute atomic E-state index is 13.5. The number of amides is 1. The second-order valence-electron chi connectivity index (χ2n) is 4.34. The van der Waals surface area contributed by atoms with Crippen molar-refractivity contribution in [2.24, 2.45) is 0 Å². The van der Waals surface area contributed by atoms with Gasteiger partial charge in [0.15, 0.2) is 0 Å². The van der Waals surface area contributed by atoms with E-state index in [0.717, 1.165) is 12.1 Å². The van der Waals surface area contributed by atoms with Crippen molar-refractivity contribution >= 4 is 17.6 Å². The molecule has 0 saturated carbocycles. The number of H-pyrrole nitrogens is 1. The molecule has 2 rings (SSSR count). The number of aryl methyl sites for hydroxylation is 1. The molecule has 0 spiro atoms. The summed E-state index contributed by atoms with van der Waals surface area (Å²) in [5.41, 5.74) is -0.518. The van der Waals surface area contributed by atoms with Crippen LogP contribution in [0.25, 0.3) is 0 Å². The molecule has 1 heterocycles. The third-order valence-corrected chi connectivity index (χ3v) is 2.76. The predicted molar refractivity (Wildman–Crippen MR) is 73.1 cm³/mol. The molecule has 1 amide bonds. The van der Waals surface area contributed by atoms with Crippen LogP contribution in [0.5, 0.6) is 0 Å². The van der Waals surface area contributed by atoms with Crippen LogP contribution in [0.15, 0.2) is 35.1 Å². The average molecular weight is 290 g/mol. The molecule has 2 aromatic rings. The van der Waals surface area contributed by atoms with E-state index in [-0.39, 0.29) is 11.3 Å². The summed E-state index contributed by atoms with van der Waals surface area (Å²) in [6, 6.07) is 6.07. The third kappa shape index (κ3) is 3.14. The highest BCUT2D eigenvalue weighted by Crippen LogP contribution is 2.15. The number of hydrogen-bond donors (Lipinski definition) is 3. The van der Waals surface area contributed by atoms with Crippen LogP contribution in [-0.2, 0) is 0 Å². The molecule has 6 nitrogen and oxygen atoms in total. The van der Waals surface area contributed by atoms with Gasteiger partial charge in [-0.25, -0.2) is 9.18 Å². The molecule has 0 unspecified atom stereocenters. The summed E-state index contributed by atoms with van der Waals surface area (Å²) in [5, 5.41) is 11.0. The number of carbonyl (C=O) groups excluding carboxylic acids is 1. The molecule has 0 fully saturated rings. The molecule has 0 saturated heterocycles. The van der Waals surface area contributed by atoms with Gasteiger partial charge in [0, 0.05) is 11.4 Å². The van der Waals surface area contributed by atoms with E-state index in [1.54, 1.807) is 13.0 Å². The number of rotatable bonds is 3. The molecule has 0 atom stereocenters. The van der Waals surface area contributed by atoms with Gasteiger partial charge in [-0.2, -0.15) is 0 Å².